The first-order valence-electron chi connectivity index (χ1n) is 6.55. The minimum absolute atomic E-state index is 0.193. The number of hydrazine groups is 1. The third kappa shape index (κ3) is 5.28. The summed E-state index contributed by atoms with van der Waals surface area (Å²) < 4.78 is 0. The first-order chi connectivity index (χ1) is 9.36. The van der Waals surface area contributed by atoms with Crippen molar-refractivity contribution in [2.45, 2.75) is 20.0 Å². The quantitative estimate of drug-likeness (QED) is 0.479. The molecule has 2 amide bonds. The van der Waals surface area contributed by atoms with Gasteiger partial charge in [0.1, 0.15) is 6.10 Å². The molecule has 0 bridgehead atoms. The maximum absolute atomic E-state index is 11.7. The Labute approximate surface area is 123 Å². The fraction of sp³-hybridized carbons (Fsp3) is 0.833. The number of amides is 2. The van der Waals surface area contributed by atoms with E-state index in [1.165, 1.54) is 0 Å². The highest BCUT2D eigenvalue weighted by Gasteiger charge is 2.33. The normalized spacial score (nSPS) is 18.4. The van der Waals surface area contributed by atoms with Crippen LogP contribution in [0.2, 0.25) is 0 Å². The third-order valence-electron chi connectivity index (χ3n) is 3.11. The summed E-state index contributed by atoms with van der Waals surface area (Å²) in [7, 11) is 0. The van der Waals surface area contributed by atoms with Crippen LogP contribution in [0.5, 0.6) is 0 Å². The lowest BCUT2D eigenvalue weighted by atomic mass is 9.87. The van der Waals surface area contributed by atoms with Crippen LogP contribution in [0.1, 0.15) is 13.8 Å². The van der Waals surface area contributed by atoms with Gasteiger partial charge < -0.3 is 15.5 Å². The van der Waals surface area contributed by atoms with Crippen LogP contribution < -0.4 is 10.7 Å². The number of hydrogen-bond donors (Lipinski definition) is 4. The van der Waals surface area contributed by atoms with Crippen LogP contribution in [-0.4, -0.2) is 70.9 Å². The van der Waals surface area contributed by atoms with Gasteiger partial charge in [-0.05, 0) is 0 Å². The number of aliphatic hydroxyl groups excluding tert-OH is 2. The van der Waals surface area contributed by atoms with Crippen LogP contribution in [0.4, 0.5) is 0 Å². The molecule has 1 fully saturated rings. The highest BCUT2D eigenvalue weighted by Crippen LogP contribution is 2.19. The molecule has 116 valence electrons. The molecule has 0 radical (unpaired) electrons. The number of thioether (sulfide) groups is 1. The zero-order valence-electron chi connectivity index (χ0n) is 11.9. The number of carbonyl (C=O) groups excluding carboxylic acids is 2. The highest BCUT2D eigenvalue weighted by atomic mass is 32.2. The molecule has 1 aliphatic heterocycles. The van der Waals surface area contributed by atoms with Gasteiger partial charge in [-0.25, -0.2) is 5.01 Å². The average Bonchev–Trinajstić information content (AvgIpc) is 2.45. The lowest BCUT2D eigenvalue weighted by Crippen LogP contribution is -2.52. The van der Waals surface area contributed by atoms with Crippen LogP contribution in [0.15, 0.2) is 0 Å². The van der Waals surface area contributed by atoms with E-state index in [1.807, 2.05) is 16.8 Å². The summed E-state index contributed by atoms with van der Waals surface area (Å²) in [6.07, 6.45) is -1.35. The van der Waals surface area contributed by atoms with Gasteiger partial charge in [-0.15, -0.1) is 0 Å². The van der Waals surface area contributed by atoms with Crippen molar-refractivity contribution in [2.75, 3.05) is 37.7 Å². The highest BCUT2D eigenvalue weighted by molar-refractivity contribution is 7.99. The summed E-state index contributed by atoms with van der Waals surface area (Å²) in [5.41, 5.74) is 1.76. The molecule has 4 N–H and O–H groups in total. The lowest BCUT2D eigenvalue weighted by Gasteiger charge is -2.28. The zero-order valence-corrected chi connectivity index (χ0v) is 12.7. The van der Waals surface area contributed by atoms with Gasteiger partial charge in [0.05, 0.1) is 13.2 Å². The Hall–Kier alpha value is -0.830. The minimum atomic E-state index is -1.35. The largest absolute Gasteiger partial charge is 0.396 e. The van der Waals surface area contributed by atoms with Crippen molar-refractivity contribution < 1.29 is 19.8 Å². The van der Waals surface area contributed by atoms with E-state index >= 15 is 0 Å². The maximum Gasteiger partial charge on any atom is 0.253 e. The molecule has 20 heavy (non-hydrogen) atoms. The molecule has 0 unspecified atom stereocenters. The van der Waals surface area contributed by atoms with Crippen molar-refractivity contribution >= 4 is 23.6 Å². The van der Waals surface area contributed by atoms with Crippen molar-refractivity contribution in [3.05, 3.63) is 0 Å². The number of nitrogens with zero attached hydrogens (tertiary/aromatic N) is 1. The van der Waals surface area contributed by atoms with Crippen LogP contribution in [0, 0.1) is 5.41 Å². The molecule has 1 rings (SSSR count). The predicted molar refractivity (Wildman–Crippen MR) is 76.9 cm³/mol. The second kappa shape index (κ2) is 7.82. The molecule has 0 aromatic rings. The molecule has 0 aliphatic carbocycles. The summed E-state index contributed by atoms with van der Waals surface area (Å²) in [4.78, 5) is 23.3. The SMILES string of the molecule is CC(C)(CO)[C@@H](O)C(=O)NCC(=O)NN1CCSCC1. The monoisotopic (exact) mass is 305 g/mol. The van der Waals surface area contributed by atoms with E-state index in [1.54, 1.807) is 13.8 Å². The molecular formula is C12H23N3O4S. The Kier molecular flexibility index (Phi) is 6.74. The van der Waals surface area contributed by atoms with Crippen molar-refractivity contribution in [3.63, 3.8) is 0 Å². The van der Waals surface area contributed by atoms with E-state index in [4.69, 9.17) is 5.11 Å². The second-order valence-corrected chi connectivity index (χ2v) is 6.63. The Morgan fingerprint density at radius 1 is 1.35 bits per heavy atom. The molecule has 1 atom stereocenters. The Morgan fingerprint density at radius 3 is 2.50 bits per heavy atom. The molecule has 0 aromatic carbocycles. The average molecular weight is 305 g/mol. The fourth-order valence-electron chi connectivity index (χ4n) is 1.60. The Morgan fingerprint density at radius 2 is 1.95 bits per heavy atom. The first-order valence-corrected chi connectivity index (χ1v) is 7.71. The first kappa shape index (κ1) is 17.2. The molecule has 1 saturated heterocycles. The van der Waals surface area contributed by atoms with Gasteiger partial charge in [-0.2, -0.15) is 11.8 Å². The third-order valence-corrected chi connectivity index (χ3v) is 4.06. The number of nitrogens with one attached hydrogen (secondary N) is 2. The molecule has 0 saturated carbocycles. The van der Waals surface area contributed by atoms with Crippen molar-refractivity contribution in [2.24, 2.45) is 5.41 Å². The minimum Gasteiger partial charge on any atom is -0.396 e. The summed E-state index contributed by atoms with van der Waals surface area (Å²) in [5, 5.41) is 23.0. The number of hydrogen-bond acceptors (Lipinski definition) is 6. The maximum atomic E-state index is 11.7. The topological polar surface area (TPSA) is 102 Å². The van der Waals surface area contributed by atoms with Gasteiger partial charge in [0.15, 0.2) is 0 Å². The molecule has 8 heteroatoms. The van der Waals surface area contributed by atoms with E-state index in [0.717, 1.165) is 24.6 Å². The molecule has 0 spiro atoms. The summed E-state index contributed by atoms with van der Waals surface area (Å²) in [6, 6.07) is 0. The molecule has 1 heterocycles. The predicted octanol–water partition coefficient (Wildman–Crippen LogP) is -1.44. The molecule has 0 aromatic heterocycles. The van der Waals surface area contributed by atoms with E-state index in [9.17, 15) is 14.7 Å². The second-order valence-electron chi connectivity index (χ2n) is 5.40. The molecular weight excluding hydrogens is 282 g/mol. The summed E-state index contributed by atoms with van der Waals surface area (Å²) in [6.45, 7) is 4.20. The van der Waals surface area contributed by atoms with E-state index in [0.29, 0.717) is 0 Å². The van der Waals surface area contributed by atoms with E-state index < -0.39 is 17.4 Å². The van der Waals surface area contributed by atoms with Crippen LogP contribution in [0.25, 0.3) is 0 Å². The fourth-order valence-corrected chi connectivity index (χ4v) is 2.50. The smallest absolute Gasteiger partial charge is 0.253 e. The van der Waals surface area contributed by atoms with Gasteiger partial charge in [0.2, 0.25) is 5.91 Å². The Bertz CT molecular complexity index is 346. The standard InChI is InChI=1S/C12H23N3O4S/c1-12(2,8-16)10(18)11(19)13-7-9(17)14-15-3-5-20-6-4-15/h10,16,18H,3-8H2,1-2H3,(H,13,19)(H,14,17)/t10-/m0/s1. The van der Waals surface area contributed by atoms with Crippen LogP contribution in [-0.2, 0) is 9.59 Å². The van der Waals surface area contributed by atoms with E-state index in [-0.39, 0.29) is 19.1 Å². The van der Waals surface area contributed by atoms with Gasteiger partial charge in [-0.1, -0.05) is 13.8 Å². The zero-order chi connectivity index (χ0) is 15.2. The van der Waals surface area contributed by atoms with Crippen molar-refractivity contribution in [3.8, 4) is 0 Å². The summed E-state index contributed by atoms with van der Waals surface area (Å²) in [5.74, 6) is 0.958. The van der Waals surface area contributed by atoms with Gasteiger partial charge in [0.25, 0.3) is 5.91 Å². The van der Waals surface area contributed by atoms with Crippen molar-refractivity contribution in [1.29, 1.82) is 0 Å². The van der Waals surface area contributed by atoms with Gasteiger partial charge >= 0.3 is 0 Å². The molecule has 1 aliphatic rings. The van der Waals surface area contributed by atoms with Gasteiger partial charge in [0, 0.05) is 30.0 Å². The van der Waals surface area contributed by atoms with Crippen LogP contribution >= 0.6 is 11.8 Å². The van der Waals surface area contributed by atoms with Crippen LogP contribution in [0.3, 0.4) is 0 Å². The number of aliphatic hydroxyl groups is 2. The van der Waals surface area contributed by atoms with E-state index in [2.05, 4.69) is 10.7 Å². The lowest BCUT2D eigenvalue weighted by molar-refractivity contribution is -0.139. The number of carbonyl (C=O) groups is 2. The molecule has 7 nitrogen and oxygen atoms in total. The number of rotatable bonds is 6. The Balaban J connectivity index is 2.31. The van der Waals surface area contributed by atoms with Crippen molar-refractivity contribution in [1.82, 2.24) is 15.8 Å². The van der Waals surface area contributed by atoms with Gasteiger partial charge in [-0.3, -0.25) is 15.0 Å². The summed E-state index contributed by atoms with van der Waals surface area (Å²) >= 11 is 1.83.